The second-order valence-corrected chi connectivity index (χ2v) is 18.6. The normalized spacial score (nSPS) is 15.8. The smallest absolute Gasteiger partial charge is 0.463 e. The molecule has 5 unspecified atom stereocenters. The SMILES string of the molecule is CC/C=C\C/C=C\C/C=C\C/C=C\C/C=C\C/C=C\CCCCC(=O)OCC(O)COP(=O)(O)OCC(O)COP(=O)(O)OCC(O)COC(=O)CCCCC/C=C\CCCCCCCC. The van der Waals surface area contributed by atoms with Crippen molar-refractivity contribution in [3.63, 3.8) is 0 Å². The molecule has 0 aliphatic carbocycles. The van der Waals surface area contributed by atoms with E-state index < -0.39 is 85.5 Å². The van der Waals surface area contributed by atoms with E-state index in [-0.39, 0.29) is 12.8 Å². The Morgan fingerprint density at radius 2 is 0.697 bits per heavy atom. The van der Waals surface area contributed by atoms with Crippen molar-refractivity contribution in [3.05, 3.63) is 85.1 Å². The minimum Gasteiger partial charge on any atom is -0.463 e. The topological polar surface area (TPSA) is 225 Å². The lowest BCUT2D eigenvalue weighted by Gasteiger charge is -2.19. The summed E-state index contributed by atoms with van der Waals surface area (Å²) in [5, 5.41) is 30.0. The van der Waals surface area contributed by atoms with Crippen LogP contribution in [0.3, 0.4) is 0 Å². The molecule has 0 heterocycles. The van der Waals surface area contributed by atoms with Crippen LogP contribution < -0.4 is 0 Å². The molecular formula is C49H84O15P2. The first-order chi connectivity index (χ1) is 31.8. The summed E-state index contributed by atoms with van der Waals surface area (Å²) >= 11 is 0. The van der Waals surface area contributed by atoms with Gasteiger partial charge in [-0.05, 0) is 89.9 Å². The van der Waals surface area contributed by atoms with Crippen molar-refractivity contribution in [2.45, 2.75) is 173 Å². The maximum atomic E-state index is 12.2. The molecule has 0 rings (SSSR count). The van der Waals surface area contributed by atoms with Gasteiger partial charge < -0.3 is 34.6 Å². The fraction of sp³-hybridized carbons (Fsp3) is 0.673. The number of aliphatic hydroxyl groups is 3. The summed E-state index contributed by atoms with van der Waals surface area (Å²) in [5.74, 6) is -1.06. The number of esters is 2. The Kier molecular flexibility index (Phi) is 42.8. The zero-order valence-corrected chi connectivity index (χ0v) is 41.6. The molecule has 0 amide bonds. The van der Waals surface area contributed by atoms with Gasteiger partial charge in [-0.25, -0.2) is 9.13 Å². The third-order valence-electron chi connectivity index (χ3n) is 9.33. The lowest BCUT2D eigenvalue weighted by Crippen LogP contribution is -2.25. The van der Waals surface area contributed by atoms with Crippen LogP contribution in [0, 0.1) is 0 Å². The van der Waals surface area contributed by atoms with Crippen molar-refractivity contribution in [3.8, 4) is 0 Å². The highest BCUT2D eigenvalue weighted by molar-refractivity contribution is 7.47. The molecule has 380 valence electrons. The molecule has 5 N–H and O–H groups in total. The van der Waals surface area contributed by atoms with E-state index >= 15 is 0 Å². The minimum atomic E-state index is -4.80. The third kappa shape index (κ3) is 46.3. The molecule has 15 nitrogen and oxygen atoms in total. The van der Waals surface area contributed by atoms with Gasteiger partial charge in [0.1, 0.15) is 31.5 Å². The van der Waals surface area contributed by atoms with E-state index in [0.717, 1.165) is 77.0 Å². The van der Waals surface area contributed by atoms with E-state index in [9.17, 15) is 43.8 Å². The average molecular weight is 975 g/mol. The monoisotopic (exact) mass is 975 g/mol. The van der Waals surface area contributed by atoms with Gasteiger partial charge in [-0.3, -0.25) is 27.7 Å². The van der Waals surface area contributed by atoms with Crippen molar-refractivity contribution < 1.29 is 71.4 Å². The molecule has 0 saturated carbocycles. The van der Waals surface area contributed by atoms with Gasteiger partial charge in [0.25, 0.3) is 0 Å². The molecule has 5 atom stereocenters. The first-order valence-electron chi connectivity index (χ1n) is 23.9. The zero-order valence-electron chi connectivity index (χ0n) is 39.8. The summed E-state index contributed by atoms with van der Waals surface area (Å²) in [6, 6.07) is 0. The second-order valence-electron chi connectivity index (χ2n) is 15.7. The van der Waals surface area contributed by atoms with E-state index in [1.54, 1.807) is 0 Å². The van der Waals surface area contributed by atoms with E-state index in [2.05, 4.69) is 117 Å². The van der Waals surface area contributed by atoms with Gasteiger partial charge >= 0.3 is 27.6 Å². The van der Waals surface area contributed by atoms with Crippen LogP contribution in [0.15, 0.2) is 85.1 Å². The van der Waals surface area contributed by atoms with Gasteiger partial charge in [0.05, 0.1) is 26.4 Å². The average Bonchev–Trinajstić information content (AvgIpc) is 3.29. The fourth-order valence-corrected chi connectivity index (χ4v) is 7.21. The van der Waals surface area contributed by atoms with Crippen LogP contribution in [0.4, 0.5) is 0 Å². The molecule has 0 aromatic carbocycles. The number of carbonyl (C=O) groups excluding carboxylic acids is 2. The summed E-state index contributed by atoms with van der Waals surface area (Å²) < 4.78 is 52.9. The number of allylic oxidation sites excluding steroid dienone is 14. The van der Waals surface area contributed by atoms with E-state index in [4.69, 9.17) is 9.47 Å². The molecule has 0 spiro atoms. The van der Waals surface area contributed by atoms with Gasteiger partial charge in [0.15, 0.2) is 0 Å². The summed E-state index contributed by atoms with van der Waals surface area (Å²) in [7, 11) is -9.59. The number of rotatable bonds is 45. The molecule has 17 heteroatoms. The van der Waals surface area contributed by atoms with Crippen LogP contribution in [0.5, 0.6) is 0 Å². The second kappa shape index (κ2) is 44.7. The quantitative estimate of drug-likeness (QED) is 0.0166. The van der Waals surface area contributed by atoms with Gasteiger partial charge in [-0.2, -0.15) is 0 Å². The summed E-state index contributed by atoms with van der Waals surface area (Å²) in [6.45, 7) is 0.202. The predicted octanol–water partition coefficient (Wildman–Crippen LogP) is 10.9. The summed E-state index contributed by atoms with van der Waals surface area (Å²) in [6.07, 6.45) is 45.8. The molecule has 0 radical (unpaired) electrons. The standard InChI is InChI=1S/C49H84O15P2/c1-3-5-7-9-11-13-15-17-18-19-20-21-22-23-24-26-28-30-32-34-36-38-49(54)60-40-46(51)42-62-66(57,58)64-44-47(52)43-63-65(55,56)61-41-45(50)39-59-48(53)37-35-33-31-29-27-25-16-14-12-10-8-6-4-2/h5,7,11,13,17-18,20-21,23-25,27-28,30,45-47,50-52H,3-4,6,8-10,12,14-16,19,22,26,29,31-44H2,1-2H3,(H,55,56)(H,57,58)/b7-5-,13-11-,18-17-,21-20-,24-23-,27-25-,30-28-. The van der Waals surface area contributed by atoms with Crippen molar-refractivity contribution in [2.75, 3.05) is 39.6 Å². The number of ether oxygens (including phenoxy) is 2. The summed E-state index contributed by atoms with van der Waals surface area (Å²) in [5.41, 5.74) is 0. The Morgan fingerprint density at radius 1 is 0.409 bits per heavy atom. The lowest BCUT2D eigenvalue weighted by atomic mass is 10.1. The number of phosphoric acid groups is 2. The maximum Gasteiger partial charge on any atom is 0.472 e. The molecule has 0 aliphatic heterocycles. The number of hydrogen-bond acceptors (Lipinski definition) is 13. The zero-order chi connectivity index (χ0) is 48.8. The van der Waals surface area contributed by atoms with E-state index in [1.165, 1.54) is 38.5 Å². The highest BCUT2D eigenvalue weighted by Gasteiger charge is 2.28. The van der Waals surface area contributed by atoms with Gasteiger partial charge in [-0.15, -0.1) is 0 Å². The molecule has 0 saturated heterocycles. The number of unbranched alkanes of at least 4 members (excludes halogenated alkanes) is 11. The molecule has 0 aliphatic rings. The number of phosphoric ester groups is 2. The van der Waals surface area contributed by atoms with Crippen LogP contribution in [0.1, 0.15) is 155 Å². The Labute approximate surface area is 396 Å². The molecule has 66 heavy (non-hydrogen) atoms. The highest BCUT2D eigenvalue weighted by atomic mass is 31.2. The molecule has 0 bridgehead atoms. The maximum absolute atomic E-state index is 12.2. The number of carbonyl (C=O) groups is 2. The Hall–Kier alpha value is -2.78. The fourth-order valence-electron chi connectivity index (χ4n) is 5.62. The molecular weight excluding hydrogens is 890 g/mol. The van der Waals surface area contributed by atoms with Crippen molar-refractivity contribution in [1.29, 1.82) is 0 Å². The highest BCUT2D eigenvalue weighted by Crippen LogP contribution is 2.45. The molecule has 0 fully saturated rings. The number of hydrogen-bond donors (Lipinski definition) is 5. The minimum absolute atomic E-state index is 0.137. The van der Waals surface area contributed by atoms with Crippen LogP contribution in [0.25, 0.3) is 0 Å². The first-order valence-corrected chi connectivity index (χ1v) is 26.9. The first kappa shape index (κ1) is 63.2. The van der Waals surface area contributed by atoms with Gasteiger partial charge in [-0.1, -0.05) is 137 Å². The largest absolute Gasteiger partial charge is 0.472 e. The van der Waals surface area contributed by atoms with Crippen LogP contribution >= 0.6 is 15.6 Å². The van der Waals surface area contributed by atoms with Crippen LogP contribution in [-0.4, -0.2) is 95.0 Å². The Morgan fingerprint density at radius 3 is 1.09 bits per heavy atom. The predicted molar refractivity (Wildman–Crippen MR) is 260 cm³/mol. The summed E-state index contributed by atoms with van der Waals surface area (Å²) in [4.78, 5) is 43.7. The Balaban J connectivity index is 3.97. The molecule has 0 aromatic rings. The Bertz CT molecular complexity index is 1510. The van der Waals surface area contributed by atoms with Crippen molar-refractivity contribution >= 4 is 27.6 Å². The van der Waals surface area contributed by atoms with Crippen molar-refractivity contribution in [2.24, 2.45) is 0 Å². The van der Waals surface area contributed by atoms with Crippen molar-refractivity contribution in [1.82, 2.24) is 0 Å². The van der Waals surface area contributed by atoms with Crippen LogP contribution in [0.2, 0.25) is 0 Å². The van der Waals surface area contributed by atoms with Gasteiger partial charge in [0, 0.05) is 12.8 Å². The number of aliphatic hydroxyl groups excluding tert-OH is 3. The van der Waals surface area contributed by atoms with Gasteiger partial charge in [0.2, 0.25) is 0 Å². The molecule has 0 aromatic heterocycles. The van der Waals surface area contributed by atoms with Crippen LogP contribution in [-0.2, 0) is 46.3 Å². The van der Waals surface area contributed by atoms with E-state index in [0.29, 0.717) is 12.8 Å². The lowest BCUT2D eigenvalue weighted by molar-refractivity contribution is -0.148. The van der Waals surface area contributed by atoms with E-state index in [1.807, 2.05) is 0 Å². The third-order valence-corrected chi connectivity index (χ3v) is 11.2.